The van der Waals surface area contributed by atoms with E-state index in [-0.39, 0.29) is 11.8 Å². The van der Waals surface area contributed by atoms with Gasteiger partial charge in [-0.1, -0.05) is 73.0 Å². The summed E-state index contributed by atoms with van der Waals surface area (Å²) >= 11 is 0.712. The molecule has 4 rings (SSSR count). The Morgan fingerprint density at radius 1 is 0.970 bits per heavy atom. The number of aromatic nitrogens is 2. The fraction of sp³-hybridized carbons (Fsp3) is 0.269. The Bertz CT molecular complexity index is 1190. The van der Waals surface area contributed by atoms with Gasteiger partial charge in [0, 0.05) is 17.8 Å². The lowest BCUT2D eigenvalue weighted by Gasteiger charge is -2.25. The molecule has 2 atom stereocenters. The Kier molecular flexibility index (Phi) is 7.10. The second-order valence-corrected chi connectivity index (χ2v) is 9.19. The molecular weight excluding hydrogens is 443 g/mol. The molecule has 1 heterocycles. The number of hydrogen-bond donors (Lipinski definition) is 1. The van der Waals surface area contributed by atoms with Crippen molar-refractivity contribution in [2.75, 3.05) is 12.3 Å². The topological polar surface area (TPSA) is 29.9 Å². The lowest BCUT2D eigenvalue weighted by molar-refractivity contribution is -0.105. The molecule has 0 spiro atoms. The summed E-state index contributed by atoms with van der Waals surface area (Å²) in [6.45, 7) is 4.58. The molecule has 2 unspecified atom stereocenters. The first-order chi connectivity index (χ1) is 15.8. The van der Waals surface area contributed by atoms with E-state index in [4.69, 9.17) is 0 Å². The summed E-state index contributed by atoms with van der Waals surface area (Å²) in [4.78, 5) is 0. The molecule has 1 N–H and O–H groups in total. The van der Waals surface area contributed by atoms with Crippen LogP contribution in [0.5, 0.6) is 0 Å². The van der Waals surface area contributed by atoms with E-state index in [9.17, 15) is 13.2 Å². The second kappa shape index (κ2) is 10.0. The molecule has 3 nitrogen and oxygen atoms in total. The fourth-order valence-electron chi connectivity index (χ4n) is 4.09. The van der Waals surface area contributed by atoms with Crippen molar-refractivity contribution in [2.24, 2.45) is 5.92 Å². The quantitative estimate of drug-likeness (QED) is 0.225. The van der Waals surface area contributed by atoms with E-state index >= 15 is 0 Å². The van der Waals surface area contributed by atoms with Crippen LogP contribution in [0.3, 0.4) is 0 Å². The zero-order valence-corrected chi connectivity index (χ0v) is 19.3. The highest BCUT2D eigenvalue weighted by molar-refractivity contribution is 7.97. The summed E-state index contributed by atoms with van der Waals surface area (Å²) < 4.78 is 42.3. The Balaban J connectivity index is 1.61. The number of aryl methyl sites for hydroxylation is 1. The van der Waals surface area contributed by atoms with Gasteiger partial charge in [0.25, 0.3) is 0 Å². The van der Waals surface area contributed by atoms with Crippen molar-refractivity contribution < 1.29 is 13.2 Å². The average molecular weight is 470 g/mol. The predicted molar refractivity (Wildman–Crippen MR) is 130 cm³/mol. The summed E-state index contributed by atoms with van der Waals surface area (Å²) in [6.07, 6.45) is -2.31. The Morgan fingerprint density at radius 3 is 2.39 bits per heavy atom. The van der Waals surface area contributed by atoms with Crippen molar-refractivity contribution in [1.29, 1.82) is 0 Å². The molecule has 0 saturated heterocycles. The third kappa shape index (κ3) is 5.78. The molecule has 7 heteroatoms. The van der Waals surface area contributed by atoms with Crippen LogP contribution in [0.25, 0.3) is 16.6 Å². The van der Waals surface area contributed by atoms with Crippen molar-refractivity contribution in [3.63, 3.8) is 0 Å². The van der Waals surface area contributed by atoms with Crippen LogP contribution in [0.4, 0.5) is 13.2 Å². The van der Waals surface area contributed by atoms with Crippen LogP contribution < -0.4 is 4.72 Å². The number of benzene rings is 3. The first-order valence-corrected chi connectivity index (χ1v) is 11.8. The smallest absolute Gasteiger partial charge is 0.264 e. The van der Waals surface area contributed by atoms with Crippen LogP contribution in [-0.2, 0) is 0 Å². The molecule has 0 aliphatic carbocycles. The highest BCUT2D eigenvalue weighted by Gasteiger charge is 2.28. The number of rotatable bonds is 8. The maximum Gasteiger partial charge on any atom is 0.399 e. The maximum absolute atomic E-state index is 12.5. The summed E-state index contributed by atoms with van der Waals surface area (Å²) in [5, 5.41) is 5.62. The molecule has 0 saturated carbocycles. The van der Waals surface area contributed by atoms with Gasteiger partial charge in [-0.2, -0.15) is 18.3 Å². The van der Waals surface area contributed by atoms with Gasteiger partial charge in [-0.15, -0.1) is 0 Å². The van der Waals surface area contributed by atoms with E-state index in [1.165, 1.54) is 5.56 Å². The third-order valence-electron chi connectivity index (χ3n) is 5.70. The summed E-state index contributed by atoms with van der Waals surface area (Å²) in [5.74, 6) is -0.782. The van der Waals surface area contributed by atoms with E-state index < -0.39 is 11.9 Å². The average Bonchev–Trinajstić information content (AvgIpc) is 3.21. The highest BCUT2D eigenvalue weighted by Crippen LogP contribution is 2.34. The number of nitrogens with one attached hydrogen (secondary N) is 1. The Hall–Kier alpha value is -2.77. The van der Waals surface area contributed by atoms with Crippen molar-refractivity contribution in [1.82, 2.24) is 14.5 Å². The summed E-state index contributed by atoms with van der Waals surface area (Å²) in [6, 6.07) is 24.7. The third-order valence-corrected chi connectivity index (χ3v) is 6.54. The number of halogens is 3. The van der Waals surface area contributed by atoms with Crippen LogP contribution in [-0.4, -0.2) is 28.3 Å². The lowest BCUT2D eigenvalue weighted by atomic mass is 9.81. The van der Waals surface area contributed by atoms with E-state index in [0.29, 0.717) is 18.5 Å². The first kappa shape index (κ1) is 23.4. The molecule has 0 bridgehead atoms. The Morgan fingerprint density at radius 2 is 1.70 bits per heavy atom. The van der Waals surface area contributed by atoms with E-state index in [2.05, 4.69) is 78.3 Å². The van der Waals surface area contributed by atoms with E-state index in [1.807, 2.05) is 29.1 Å². The molecule has 0 fully saturated rings. The molecule has 33 heavy (non-hydrogen) atoms. The van der Waals surface area contributed by atoms with Crippen LogP contribution in [0, 0.1) is 12.8 Å². The predicted octanol–water partition coefficient (Wildman–Crippen LogP) is 6.90. The molecule has 3 aromatic carbocycles. The molecule has 0 aliphatic rings. The van der Waals surface area contributed by atoms with E-state index in [1.54, 1.807) is 0 Å². The molecule has 1 aromatic heterocycles. The normalized spacial score (nSPS) is 13.8. The van der Waals surface area contributed by atoms with Crippen LogP contribution >= 0.6 is 11.9 Å². The minimum atomic E-state index is -4.18. The number of hydrogen-bond acceptors (Lipinski definition) is 3. The van der Waals surface area contributed by atoms with Crippen molar-refractivity contribution in [3.05, 3.63) is 95.7 Å². The van der Waals surface area contributed by atoms with Gasteiger partial charge in [0.05, 0.1) is 17.4 Å². The van der Waals surface area contributed by atoms with Gasteiger partial charge in [-0.25, -0.2) is 4.68 Å². The monoisotopic (exact) mass is 469 g/mol. The van der Waals surface area contributed by atoms with Crippen molar-refractivity contribution in [3.8, 4) is 5.69 Å². The SMILES string of the molecule is Cc1ccc(-n2ncc3cc(C(c4ccccc4)C(C)CNSCC(F)(F)F)ccc32)cc1. The standard InChI is InChI=1S/C26H26F3N3S/c1-18-8-11-23(12-9-18)32-24-13-10-21(14-22(24)16-30-32)25(20-6-4-3-5-7-20)19(2)15-31-33-17-26(27,28)29/h3-14,16,19,25,31H,15,17H2,1-2H3. The van der Waals surface area contributed by atoms with Crippen molar-refractivity contribution in [2.45, 2.75) is 25.9 Å². The van der Waals surface area contributed by atoms with Gasteiger partial charge >= 0.3 is 6.18 Å². The first-order valence-electron chi connectivity index (χ1n) is 10.8. The molecular formula is C26H26F3N3S. The number of alkyl halides is 3. The molecule has 0 radical (unpaired) electrons. The highest BCUT2D eigenvalue weighted by atomic mass is 32.2. The molecule has 172 valence electrons. The van der Waals surface area contributed by atoms with Gasteiger partial charge in [-0.3, -0.25) is 4.72 Å². The number of fused-ring (bicyclic) bond motifs is 1. The summed E-state index contributed by atoms with van der Waals surface area (Å²) in [5.41, 5.74) is 5.47. The van der Waals surface area contributed by atoms with Crippen molar-refractivity contribution >= 4 is 22.9 Å². The lowest BCUT2D eigenvalue weighted by Crippen LogP contribution is -2.24. The largest absolute Gasteiger partial charge is 0.399 e. The van der Waals surface area contributed by atoms with Gasteiger partial charge in [-0.05, 0) is 48.2 Å². The van der Waals surface area contributed by atoms with Crippen LogP contribution in [0.1, 0.15) is 29.5 Å². The zero-order chi connectivity index (χ0) is 23.4. The minimum absolute atomic E-state index is 0.0392. The number of nitrogens with zero attached hydrogens (tertiary/aromatic N) is 2. The zero-order valence-electron chi connectivity index (χ0n) is 18.5. The summed E-state index contributed by atoms with van der Waals surface area (Å²) in [7, 11) is 0. The van der Waals surface area contributed by atoms with Gasteiger partial charge in [0.15, 0.2) is 0 Å². The molecule has 0 aliphatic heterocycles. The fourth-order valence-corrected chi connectivity index (χ4v) is 4.73. The second-order valence-electron chi connectivity index (χ2n) is 8.33. The van der Waals surface area contributed by atoms with Crippen LogP contribution in [0.2, 0.25) is 0 Å². The minimum Gasteiger partial charge on any atom is -0.264 e. The van der Waals surface area contributed by atoms with Gasteiger partial charge < -0.3 is 0 Å². The maximum atomic E-state index is 12.5. The van der Waals surface area contributed by atoms with E-state index in [0.717, 1.165) is 27.7 Å². The van der Waals surface area contributed by atoms with Gasteiger partial charge in [0.2, 0.25) is 0 Å². The Labute approximate surface area is 196 Å². The van der Waals surface area contributed by atoms with Crippen LogP contribution in [0.15, 0.2) is 79.0 Å². The molecule has 4 aromatic rings. The van der Waals surface area contributed by atoms with Gasteiger partial charge in [0.1, 0.15) is 5.75 Å². The molecule has 0 amide bonds.